The van der Waals surface area contributed by atoms with E-state index in [1.807, 2.05) is 31.2 Å². The number of nitriles is 1. The van der Waals surface area contributed by atoms with E-state index < -0.39 is 12.1 Å². The maximum absolute atomic E-state index is 11.7. The quantitative estimate of drug-likeness (QED) is 0.685. The SMILES string of the molecule is COC(=O)N1c2ccc(C)cc2C=CC1C#N. The Morgan fingerprint density at radius 1 is 1.53 bits per heavy atom. The van der Waals surface area contributed by atoms with Gasteiger partial charge in [0.2, 0.25) is 0 Å². The van der Waals surface area contributed by atoms with Gasteiger partial charge in [0, 0.05) is 0 Å². The summed E-state index contributed by atoms with van der Waals surface area (Å²) in [5.41, 5.74) is 2.73. The predicted molar refractivity (Wildman–Crippen MR) is 64.5 cm³/mol. The summed E-state index contributed by atoms with van der Waals surface area (Å²) in [7, 11) is 1.31. The fraction of sp³-hybridized carbons (Fsp3) is 0.231. The third-order valence-corrected chi connectivity index (χ3v) is 2.68. The number of amides is 1. The van der Waals surface area contributed by atoms with Crippen LogP contribution in [0.1, 0.15) is 11.1 Å². The van der Waals surface area contributed by atoms with Crippen molar-refractivity contribution in [3.63, 3.8) is 0 Å². The predicted octanol–water partition coefficient (Wildman–Crippen LogP) is 2.49. The Labute approximate surface area is 99.7 Å². The van der Waals surface area contributed by atoms with Crippen LogP contribution in [0.4, 0.5) is 10.5 Å². The van der Waals surface area contributed by atoms with Crippen molar-refractivity contribution < 1.29 is 9.53 Å². The van der Waals surface area contributed by atoms with Crippen molar-refractivity contribution in [3.05, 3.63) is 35.4 Å². The second-order valence-corrected chi connectivity index (χ2v) is 3.84. The average molecular weight is 228 g/mol. The van der Waals surface area contributed by atoms with E-state index in [2.05, 4.69) is 6.07 Å². The zero-order valence-electron chi connectivity index (χ0n) is 9.68. The van der Waals surface area contributed by atoms with Gasteiger partial charge in [0.25, 0.3) is 0 Å². The van der Waals surface area contributed by atoms with Gasteiger partial charge >= 0.3 is 6.09 Å². The molecule has 0 spiro atoms. The molecule has 0 radical (unpaired) electrons. The summed E-state index contributed by atoms with van der Waals surface area (Å²) in [6, 6.07) is 7.15. The van der Waals surface area contributed by atoms with E-state index in [0.717, 1.165) is 11.1 Å². The zero-order chi connectivity index (χ0) is 12.4. The first-order chi connectivity index (χ1) is 8.17. The molecule has 0 saturated heterocycles. The molecule has 0 aliphatic carbocycles. The van der Waals surface area contributed by atoms with E-state index >= 15 is 0 Å². The number of hydrogen-bond acceptors (Lipinski definition) is 3. The molecule has 1 aliphatic rings. The van der Waals surface area contributed by atoms with Gasteiger partial charge in [-0.2, -0.15) is 5.26 Å². The van der Waals surface area contributed by atoms with Gasteiger partial charge in [-0.1, -0.05) is 17.7 Å². The van der Waals surface area contributed by atoms with Gasteiger partial charge in [-0.15, -0.1) is 0 Å². The molecule has 1 aromatic rings. The van der Waals surface area contributed by atoms with Crippen LogP contribution in [0.5, 0.6) is 0 Å². The molecule has 1 aliphatic heterocycles. The Morgan fingerprint density at radius 2 is 2.29 bits per heavy atom. The topological polar surface area (TPSA) is 53.3 Å². The number of rotatable bonds is 0. The standard InChI is InChI=1S/C13H12N2O2/c1-9-3-6-12-10(7-9)4-5-11(8-14)15(12)13(16)17-2/h3-7,11H,1-2H3. The van der Waals surface area contributed by atoms with Crippen LogP contribution in [-0.4, -0.2) is 19.2 Å². The molecule has 0 aromatic heterocycles. The lowest BCUT2D eigenvalue weighted by atomic mass is 10.0. The van der Waals surface area contributed by atoms with E-state index in [1.165, 1.54) is 12.0 Å². The van der Waals surface area contributed by atoms with E-state index in [4.69, 9.17) is 10.00 Å². The van der Waals surface area contributed by atoms with Crippen molar-refractivity contribution in [1.82, 2.24) is 0 Å². The second kappa shape index (κ2) is 4.30. The summed E-state index contributed by atoms with van der Waals surface area (Å²) < 4.78 is 4.71. The molecule has 1 atom stereocenters. The maximum Gasteiger partial charge on any atom is 0.415 e. The van der Waals surface area contributed by atoms with Crippen LogP contribution < -0.4 is 4.90 Å². The molecular formula is C13H12N2O2. The molecule has 86 valence electrons. The molecule has 1 unspecified atom stereocenters. The summed E-state index contributed by atoms with van der Waals surface area (Å²) in [4.78, 5) is 13.1. The zero-order valence-corrected chi connectivity index (χ0v) is 9.68. The van der Waals surface area contributed by atoms with Crippen LogP contribution >= 0.6 is 0 Å². The fourth-order valence-electron chi connectivity index (χ4n) is 1.87. The molecule has 17 heavy (non-hydrogen) atoms. The minimum Gasteiger partial charge on any atom is -0.452 e. The molecule has 4 heteroatoms. The molecule has 2 rings (SSSR count). The Balaban J connectivity index is 2.53. The van der Waals surface area contributed by atoms with Crippen molar-refractivity contribution in [2.24, 2.45) is 0 Å². The molecule has 1 amide bonds. The van der Waals surface area contributed by atoms with Crippen LogP contribution in [0.2, 0.25) is 0 Å². The highest BCUT2D eigenvalue weighted by Gasteiger charge is 2.28. The third-order valence-electron chi connectivity index (χ3n) is 2.68. The van der Waals surface area contributed by atoms with E-state index in [9.17, 15) is 4.79 Å². The van der Waals surface area contributed by atoms with Crippen LogP contribution in [0.3, 0.4) is 0 Å². The smallest absolute Gasteiger partial charge is 0.415 e. The van der Waals surface area contributed by atoms with E-state index in [-0.39, 0.29) is 0 Å². The summed E-state index contributed by atoms with van der Waals surface area (Å²) >= 11 is 0. The number of ether oxygens (including phenoxy) is 1. The summed E-state index contributed by atoms with van der Waals surface area (Å²) in [5, 5.41) is 9.04. The van der Waals surface area contributed by atoms with Crippen molar-refractivity contribution in [2.75, 3.05) is 12.0 Å². The monoisotopic (exact) mass is 228 g/mol. The van der Waals surface area contributed by atoms with Gasteiger partial charge in [-0.05, 0) is 30.7 Å². The minimum absolute atomic E-state index is 0.522. The van der Waals surface area contributed by atoms with Gasteiger partial charge < -0.3 is 4.74 Å². The van der Waals surface area contributed by atoms with Crippen molar-refractivity contribution in [2.45, 2.75) is 13.0 Å². The van der Waals surface area contributed by atoms with Gasteiger partial charge in [0.1, 0.15) is 6.04 Å². The number of aryl methyl sites for hydroxylation is 1. The van der Waals surface area contributed by atoms with Crippen molar-refractivity contribution in [1.29, 1.82) is 5.26 Å². The highest BCUT2D eigenvalue weighted by molar-refractivity contribution is 5.94. The molecule has 0 bridgehead atoms. The first kappa shape index (κ1) is 11.2. The highest BCUT2D eigenvalue weighted by atomic mass is 16.5. The summed E-state index contributed by atoms with van der Waals surface area (Å²) in [6.07, 6.45) is 3.03. The summed E-state index contributed by atoms with van der Waals surface area (Å²) in [5.74, 6) is 0. The highest BCUT2D eigenvalue weighted by Crippen LogP contribution is 2.30. The number of hydrogen-bond donors (Lipinski definition) is 0. The normalized spacial score (nSPS) is 17.2. The number of carbonyl (C=O) groups is 1. The molecule has 0 fully saturated rings. The van der Waals surface area contributed by atoms with Crippen LogP contribution in [0.25, 0.3) is 6.08 Å². The largest absolute Gasteiger partial charge is 0.452 e. The van der Waals surface area contributed by atoms with Crippen LogP contribution in [0, 0.1) is 18.3 Å². The number of fused-ring (bicyclic) bond motifs is 1. The van der Waals surface area contributed by atoms with Gasteiger partial charge in [-0.25, -0.2) is 4.79 Å². The third kappa shape index (κ3) is 1.87. The second-order valence-electron chi connectivity index (χ2n) is 3.84. The van der Waals surface area contributed by atoms with Gasteiger partial charge in [-0.3, -0.25) is 4.90 Å². The lowest BCUT2D eigenvalue weighted by molar-refractivity contribution is 0.178. The molecule has 1 heterocycles. The molecule has 4 nitrogen and oxygen atoms in total. The number of anilines is 1. The van der Waals surface area contributed by atoms with E-state index in [0.29, 0.717) is 5.69 Å². The Hall–Kier alpha value is -2.28. The average Bonchev–Trinajstić information content (AvgIpc) is 2.36. The van der Waals surface area contributed by atoms with E-state index in [1.54, 1.807) is 6.08 Å². The van der Waals surface area contributed by atoms with Crippen LogP contribution in [-0.2, 0) is 4.74 Å². The lowest BCUT2D eigenvalue weighted by Gasteiger charge is -2.28. The fourth-order valence-corrected chi connectivity index (χ4v) is 1.87. The minimum atomic E-state index is -0.613. The number of benzene rings is 1. The van der Waals surface area contributed by atoms with Crippen LogP contribution in [0.15, 0.2) is 24.3 Å². The molecule has 0 N–H and O–H groups in total. The lowest BCUT2D eigenvalue weighted by Crippen LogP contribution is -2.40. The maximum atomic E-state index is 11.7. The molecule has 1 aromatic carbocycles. The molecule has 0 saturated carbocycles. The Morgan fingerprint density at radius 3 is 2.94 bits per heavy atom. The Kier molecular flexibility index (Phi) is 2.84. The van der Waals surface area contributed by atoms with Gasteiger partial charge in [0.15, 0.2) is 0 Å². The summed E-state index contributed by atoms with van der Waals surface area (Å²) in [6.45, 7) is 1.98. The van der Waals surface area contributed by atoms with Gasteiger partial charge in [0.05, 0.1) is 18.9 Å². The van der Waals surface area contributed by atoms with Crippen molar-refractivity contribution in [3.8, 4) is 6.07 Å². The first-order valence-corrected chi connectivity index (χ1v) is 5.23. The van der Waals surface area contributed by atoms with Crippen molar-refractivity contribution >= 4 is 17.9 Å². The number of methoxy groups -OCH3 is 1. The Bertz CT molecular complexity index is 529. The number of nitrogens with zero attached hydrogens (tertiary/aromatic N) is 2. The number of carbonyl (C=O) groups excluding carboxylic acids is 1. The first-order valence-electron chi connectivity index (χ1n) is 5.23. The molecular weight excluding hydrogens is 216 g/mol.